The van der Waals surface area contributed by atoms with Gasteiger partial charge < -0.3 is 13.3 Å². The summed E-state index contributed by atoms with van der Waals surface area (Å²) < 4.78 is 336. The van der Waals surface area contributed by atoms with Gasteiger partial charge in [0.05, 0.1) is 33.8 Å². The van der Waals surface area contributed by atoms with E-state index in [9.17, 15) is 0 Å². The van der Waals surface area contributed by atoms with Gasteiger partial charge in [-0.25, -0.2) is 23.7 Å². The van der Waals surface area contributed by atoms with Crippen LogP contribution in [0.25, 0.3) is 133 Å². The molecule has 0 aliphatic heterocycles. The zero-order chi connectivity index (χ0) is 100. The summed E-state index contributed by atoms with van der Waals surface area (Å²) in [5.41, 5.74) is -0.264. The molecule has 9 heteroatoms. The van der Waals surface area contributed by atoms with Gasteiger partial charge in [-0.1, -0.05) is 132 Å². The first-order chi connectivity index (χ1) is 62.3. The molecule has 15 aromatic rings. The van der Waals surface area contributed by atoms with E-state index in [-0.39, 0.29) is 89.7 Å². The molecule has 0 amide bonds. The zero-order valence-electron chi connectivity index (χ0n) is 91.7. The first-order valence-electron chi connectivity index (χ1n) is 50.3. The third-order valence-corrected chi connectivity index (χ3v) is 19.7. The van der Waals surface area contributed by atoms with E-state index in [1.54, 1.807) is 131 Å². The molecule has 6 aromatic carbocycles. The third-order valence-electron chi connectivity index (χ3n) is 19.7. The number of rotatable bonds is 5. The second-order valence-electron chi connectivity index (χ2n) is 25.6. The van der Waals surface area contributed by atoms with Crippen LogP contribution < -0.4 is 13.7 Å². The number of pyridine rings is 6. The maximum absolute atomic E-state index is 9.00. The summed E-state index contributed by atoms with van der Waals surface area (Å²) >= 11 is 0. The monoisotopic (exact) mass is 1320 g/mol. The van der Waals surface area contributed by atoms with Gasteiger partial charge in [-0.05, 0) is 172 Å². The van der Waals surface area contributed by atoms with Crippen molar-refractivity contribution in [2.24, 2.45) is 21.1 Å². The Kier molecular flexibility index (Phi) is 7.58. The van der Waals surface area contributed by atoms with Crippen molar-refractivity contribution >= 4 is 66.1 Å². The number of hydrogen-bond acceptors (Lipinski definition) is 6. The molecule has 3 aliphatic carbocycles. The molecule has 1 atom stereocenters. The maximum atomic E-state index is 9.00. The van der Waals surface area contributed by atoms with Crippen LogP contribution in [0.3, 0.4) is 0 Å². The Morgan fingerprint density at radius 1 is 0.398 bits per heavy atom. The predicted molar refractivity (Wildman–Crippen MR) is 399 cm³/mol. The van der Waals surface area contributed by atoms with Crippen LogP contribution in [0.1, 0.15) is 190 Å². The van der Waals surface area contributed by atoms with Crippen molar-refractivity contribution in [3.05, 3.63) is 248 Å². The molecular weight excluding hydrogens is 1200 g/mol. The van der Waals surface area contributed by atoms with E-state index in [1.807, 2.05) is 25.1 Å². The quantitative estimate of drug-likeness (QED) is 0.160. The smallest absolute Gasteiger partial charge is 0.227 e. The number of nitrogens with zero attached hydrogens (tertiary/aromatic N) is 6. The highest BCUT2D eigenvalue weighted by Gasteiger charge is 2.44. The van der Waals surface area contributed by atoms with Crippen molar-refractivity contribution in [3.63, 3.8) is 0 Å². The maximum Gasteiger partial charge on any atom is 0.227 e. The highest BCUT2D eigenvalue weighted by Crippen LogP contribution is 2.55. The zero-order valence-corrected chi connectivity index (χ0v) is 53.7. The van der Waals surface area contributed by atoms with Crippen LogP contribution in [-0.4, -0.2) is 15.0 Å². The molecule has 0 bridgehead atoms. The minimum atomic E-state index is -3.24. The van der Waals surface area contributed by atoms with E-state index >= 15 is 0 Å². The molecule has 9 aromatic heterocycles. The third kappa shape index (κ3) is 9.10. The van der Waals surface area contributed by atoms with Crippen LogP contribution in [0.4, 0.5) is 0 Å². The molecule has 0 radical (unpaired) electrons. The molecule has 9 nitrogen and oxygen atoms in total. The van der Waals surface area contributed by atoms with Gasteiger partial charge in [-0.15, -0.1) is 0 Å². The molecular formula is C89H85N6O3+3. The van der Waals surface area contributed by atoms with Crippen molar-refractivity contribution in [2.75, 3.05) is 0 Å². The van der Waals surface area contributed by atoms with Crippen LogP contribution in [0.2, 0.25) is 0 Å². The van der Waals surface area contributed by atoms with Gasteiger partial charge in [0, 0.05) is 158 Å². The van der Waals surface area contributed by atoms with Crippen LogP contribution in [-0.2, 0) is 37.4 Å². The summed E-state index contributed by atoms with van der Waals surface area (Å²) in [5, 5.41) is 3.37. The molecule has 1 unspecified atom stereocenters. The van der Waals surface area contributed by atoms with Crippen molar-refractivity contribution < 1.29 is 79.0 Å². The lowest BCUT2D eigenvalue weighted by molar-refractivity contribution is -0.660. The number of aryl methyl sites for hydroxylation is 12. The van der Waals surface area contributed by atoms with E-state index < -0.39 is 111 Å². The number of aromatic nitrogens is 6. The standard InChI is InChI=1S/C31H31N2O.2C29H27N2O/c1-7-31(8-2)25-12-10-9-11-21(25)23-16-24-22-14-13-18(3)27(28(22)34-30(24)32-29(23)31)26-15-19(4)20(5)17-33(26)6;1-16-9-10-19-22-13-21-20-8-7-11-30-28(20)29(4,5)23(21)14-25(22)32-27(19)26(16)24-12-17(2)18(3)15-31(24)6;1-16-11-12-20-22-14-21-19-9-7-8-10-23(19)29(4,5)27(21)30-28(22)32-26(20)25(16)24-13-17(2)18(3)15-31(24)6/h9-17H,7-8H2,1-6H3;2*7-15H,1-6H3/q3*+1/i1D3,2D3,4D3,5D3,7D2;2*2D3,3D3,4D3,5D3. The second kappa shape index (κ2) is 22.3. The Bertz CT molecular complexity index is 7190. The van der Waals surface area contributed by atoms with Gasteiger partial charge in [-0.3, -0.25) is 4.98 Å². The normalized spacial score (nSPS) is 22.6. The van der Waals surface area contributed by atoms with Gasteiger partial charge in [0.2, 0.25) is 28.5 Å². The Balaban J connectivity index is 0.000000148. The summed E-state index contributed by atoms with van der Waals surface area (Å²) in [7, 11) is 4.83. The second-order valence-corrected chi connectivity index (χ2v) is 25.6. The van der Waals surface area contributed by atoms with Crippen LogP contribution in [0.5, 0.6) is 0 Å². The van der Waals surface area contributed by atoms with Crippen LogP contribution in [0.15, 0.2) is 178 Å². The van der Waals surface area contributed by atoms with E-state index in [4.69, 9.17) is 70.3 Å². The van der Waals surface area contributed by atoms with Gasteiger partial charge in [0.15, 0.2) is 29.8 Å². The molecule has 0 N–H and O–H groups in total. The molecule has 0 fully saturated rings. The lowest BCUT2D eigenvalue weighted by Crippen LogP contribution is -2.31. The Hall–Kier alpha value is -10.4. The molecule has 0 saturated heterocycles. The molecule has 0 spiro atoms. The molecule has 0 saturated carbocycles. The predicted octanol–water partition coefficient (Wildman–Crippen LogP) is 20.9. The summed E-state index contributed by atoms with van der Waals surface area (Å²) in [6.07, 6.45) is 1.32. The SMILES string of the molecule is [2H]C([2H])([2H])CC1(C([2H])([2H])C([2H])([2H])[2H])c2ccccc2-c2cc3c(nc21)oc1c(-c2cc(C([2H])([2H])[2H])c(C([2H])([2H])[2H])c[n+]2C)c(C)ccc13.[2H]C([2H])([2H])c1cc(-c2c(C)ccc3c2oc2cc4c(cc23)-c2cccnc2C4(C([2H])([2H])[2H])C([2H])([2H])[2H])[n+](C)cc1C([2H])([2H])[2H].[2H]C([2H])([2H])c1cc(-c2c(C)ccc3c2oc2nc4c(cc23)-c2ccccc2C4(C([2H])([2H])[2H])C([2H])([2H])[2H])[n+](C)cc1C([2H])([2H])[2H]. The summed E-state index contributed by atoms with van der Waals surface area (Å²) in [6, 6.07) is 37.8. The number of furan rings is 3. The van der Waals surface area contributed by atoms with Crippen LogP contribution in [0, 0.1) is 61.9 Å². The first kappa shape index (κ1) is 33.2. The summed E-state index contributed by atoms with van der Waals surface area (Å²) in [5.74, 6) is 0. The highest BCUT2D eigenvalue weighted by molar-refractivity contribution is 6.13. The number of benzene rings is 6. The molecule has 3 aliphatic rings. The van der Waals surface area contributed by atoms with E-state index in [1.165, 1.54) is 64.3 Å². The van der Waals surface area contributed by atoms with E-state index in [0.29, 0.717) is 127 Å². The molecule has 98 heavy (non-hydrogen) atoms. The fraction of sp³-hybridized carbons (Fsp3) is 0.258. The average molecular weight is 1320 g/mol. The number of hydrogen-bond donors (Lipinski definition) is 0. The van der Waals surface area contributed by atoms with Gasteiger partial charge >= 0.3 is 0 Å². The van der Waals surface area contributed by atoms with Crippen LogP contribution >= 0.6 is 0 Å². The van der Waals surface area contributed by atoms with Crippen molar-refractivity contribution in [1.29, 1.82) is 0 Å². The van der Waals surface area contributed by atoms with Gasteiger partial charge in [0.25, 0.3) is 0 Å². The van der Waals surface area contributed by atoms with Crippen molar-refractivity contribution in [2.45, 2.75) is 132 Å². The molecule has 9 heterocycles. The van der Waals surface area contributed by atoms with Crippen molar-refractivity contribution in [3.8, 4) is 67.2 Å². The van der Waals surface area contributed by atoms with E-state index in [2.05, 4.69) is 9.97 Å². The minimum absolute atomic E-state index is 0.00234. The topological polar surface area (TPSA) is 89.7 Å². The minimum Gasteiger partial charge on any atom is -0.455 e. The fourth-order valence-corrected chi connectivity index (χ4v) is 14.7. The molecule has 486 valence electrons. The van der Waals surface area contributed by atoms with Gasteiger partial charge in [0.1, 0.15) is 32.3 Å². The Morgan fingerprint density at radius 2 is 0.857 bits per heavy atom. The summed E-state index contributed by atoms with van der Waals surface area (Å²) in [4.78, 5) is 13.6. The van der Waals surface area contributed by atoms with Gasteiger partial charge in [-0.2, -0.15) is 0 Å². The first-order valence-corrected chi connectivity index (χ1v) is 31.3. The fourth-order valence-electron chi connectivity index (χ4n) is 14.7. The lowest BCUT2D eigenvalue weighted by atomic mass is 9.76. The Labute approximate surface area is 627 Å². The molecule has 18 rings (SSSR count). The van der Waals surface area contributed by atoms with Crippen molar-refractivity contribution in [1.82, 2.24) is 15.0 Å². The number of fused-ring (bicyclic) bond motifs is 18. The van der Waals surface area contributed by atoms with E-state index in [0.717, 1.165) is 0 Å². The lowest BCUT2D eigenvalue weighted by Gasteiger charge is -2.28. The summed E-state index contributed by atoms with van der Waals surface area (Å²) in [6.45, 7) is -28.7. The Morgan fingerprint density at radius 3 is 1.38 bits per heavy atom. The highest BCUT2D eigenvalue weighted by atomic mass is 16.3. The average Bonchev–Trinajstić information content (AvgIpc) is 1.52. The largest absolute Gasteiger partial charge is 0.455 e.